The molecule has 5 heteroatoms. The van der Waals surface area contributed by atoms with Crippen LogP contribution in [-0.2, 0) is 16.6 Å². The molecule has 0 saturated heterocycles. The summed E-state index contributed by atoms with van der Waals surface area (Å²) in [4.78, 5) is 10.7. The van der Waals surface area contributed by atoms with Crippen LogP contribution in [0.5, 0.6) is 5.75 Å². The molecule has 0 heterocycles. The maximum Gasteiger partial charge on any atom is 0.303 e. The van der Waals surface area contributed by atoms with Crippen molar-refractivity contribution in [2.24, 2.45) is 0 Å². The summed E-state index contributed by atoms with van der Waals surface area (Å²) in [6.45, 7) is 12.9. The lowest BCUT2D eigenvalue weighted by Gasteiger charge is -2.34. The molecule has 2 aromatic rings. The maximum absolute atomic E-state index is 10.7. The van der Waals surface area contributed by atoms with Gasteiger partial charge in [-0.15, -0.1) is 0 Å². The number of carboxylic acid groups (broad SMARTS) is 1. The minimum atomic E-state index is -0.847. The lowest BCUT2D eigenvalue weighted by Crippen LogP contribution is -2.28. The Morgan fingerprint density at radius 3 is 2.03 bits per heavy atom. The van der Waals surface area contributed by atoms with Crippen molar-refractivity contribution in [3.05, 3.63) is 64.2 Å². The van der Waals surface area contributed by atoms with Gasteiger partial charge in [0.15, 0.2) is 0 Å². The van der Waals surface area contributed by atoms with Crippen molar-refractivity contribution in [1.29, 1.82) is 0 Å². The summed E-state index contributed by atoms with van der Waals surface area (Å²) in [6, 6.07) is 13.2. The molecule has 37 heavy (non-hydrogen) atoms. The monoisotopic (exact) mass is 512 g/mol. The van der Waals surface area contributed by atoms with E-state index in [1.165, 1.54) is 22.3 Å². The van der Waals surface area contributed by atoms with Crippen LogP contribution in [0.3, 0.4) is 0 Å². The third kappa shape index (κ3) is 8.05. The summed E-state index contributed by atoms with van der Waals surface area (Å²) in [5.41, 5.74) is 5.45. The van der Waals surface area contributed by atoms with Gasteiger partial charge in [0.2, 0.25) is 0 Å². The Balaban J connectivity index is 2.21. The fourth-order valence-electron chi connectivity index (χ4n) is 5.35. The Bertz CT molecular complexity index is 1000. The number of hydrogen-bond acceptors (Lipinski definition) is 4. The van der Waals surface area contributed by atoms with E-state index in [1.807, 2.05) is 13.0 Å². The van der Waals surface area contributed by atoms with Gasteiger partial charge in [-0.1, -0.05) is 58.0 Å². The van der Waals surface area contributed by atoms with E-state index in [1.54, 1.807) is 0 Å². The van der Waals surface area contributed by atoms with Crippen LogP contribution in [0.25, 0.3) is 0 Å². The van der Waals surface area contributed by atoms with Gasteiger partial charge in [-0.25, -0.2) is 0 Å². The SMILES string of the molecule is CCC(O)(CC)CCc1ccc(C(CC)(CC)c2ccc(OC[C@H](O)CCCC(=O)O)c(C)c2)cc1C. The summed E-state index contributed by atoms with van der Waals surface area (Å²) >= 11 is 0. The molecule has 3 N–H and O–H groups in total. The van der Waals surface area contributed by atoms with E-state index < -0.39 is 17.7 Å². The van der Waals surface area contributed by atoms with Crippen molar-refractivity contribution >= 4 is 5.97 Å². The second-order valence-corrected chi connectivity index (χ2v) is 10.6. The molecule has 0 spiro atoms. The van der Waals surface area contributed by atoms with Gasteiger partial charge < -0.3 is 20.1 Å². The smallest absolute Gasteiger partial charge is 0.303 e. The molecular weight excluding hydrogens is 464 g/mol. The minimum absolute atomic E-state index is 0.0566. The molecule has 0 fully saturated rings. The zero-order chi connectivity index (χ0) is 27.6. The molecule has 0 aliphatic rings. The number of hydrogen-bond donors (Lipinski definition) is 3. The Labute approximate surface area is 223 Å². The van der Waals surface area contributed by atoms with Crippen molar-refractivity contribution < 1.29 is 24.9 Å². The minimum Gasteiger partial charge on any atom is -0.491 e. The van der Waals surface area contributed by atoms with Crippen LogP contribution in [0, 0.1) is 13.8 Å². The first-order chi connectivity index (χ1) is 17.5. The second kappa shape index (κ2) is 14.0. The summed E-state index contributed by atoms with van der Waals surface area (Å²) in [7, 11) is 0. The zero-order valence-corrected chi connectivity index (χ0v) is 23.8. The van der Waals surface area contributed by atoms with Crippen molar-refractivity contribution in [1.82, 2.24) is 0 Å². The quantitative estimate of drug-likeness (QED) is 0.228. The Kier molecular flexibility index (Phi) is 11.6. The third-order valence-electron chi connectivity index (χ3n) is 8.36. The lowest BCUT2D eigenvalue weighted by molar-refractivity contribution is -0.137. The van der Waals surface area contributed by atoms with Crippen LogP contribution in [0.4, 0.5) is 0 Å². The Morgan fingerprint density at radius 1 is 0.919 bits per heavy atom. The highest BCUT2D eigenvalue weighted by Crippen LogP contribution is 2.41. The van der Waals surface area contributed by atoms with Gasteiger partial charge >= 0.3 is 5.97 Å². The zero-order valence-electron chi connectivity index (χ0n) is 23.8. The molecule has 1 atom stereocenters. The molecule has 206 valence electrons. The van der Waals surface area contributed by atoms with Crippen molar-refractivity contribution in [3.63, 3.8) is 0 Å². The highest BCUT2D eigenvalue weighted by molar-refractivity contribution is 5.66. The predicted molar refractivity (Wildman–Crippen MR) is 151 cm³/mol. The van der Waals surface area contributed by atoms with E-state index in [-0.39, 0.29) is 18.4 Å². The van der Waals surface area contributed by atoms with Crippen molar-refractivity contribution in [3.8, 4) is 5.75 Å². The maximum atomic E-state index is 10.7. The van der Waals surface area contributed by atoms with E-state index in [9.17, 15) is 15.0 Å². The van der Waals surface area contributed by atoms with Crippen molar-refractivity contribution in [2.75, 3.05) is 6.61 Å². The first-order valence-electron chi connectivity index (χ1n) is 14.0. The molecule has 5 nitrogen and oxygen atoms in total. The van der Waals surface area contributed by atoms with Gasteiger partial charge in [0.1, 0.15) is 12.4 Å². The van der Waals surface area contributed by atoms with Crippen LogP contribution in [-0.4, -0.2) is 39.6 Å². The van der Waals surface area contributed by atoms with E-state index in [0.29, 0.717) is 12.8 Å². The normalized spacial score (nSPS) is 13.0. The molecular formula is C32H48O5. The van der Waals surface area contributed by atoms with E-state index in [0.717, 1.165) is 49.8 Å². The highest BCUT2D eigenvalue weighted by atomic mass is 16.5. The number of benzene rings is 2. The highest BCUT2D eigenvalue weighted by Gasteiger charge is 2.31. The van der Waals surface area contributed by atoms with Crippen LogP contribution >= 0.6 is 0 Å². The summed E-state index contributed by atoms with van der Waals surface area (Å²) in [5, 5.41) is 29.6. The molecule has 0 aromatic heterocycles. The predicted octanol–water partition coefficient (Wildman–Crippen LogP) is 6.89. The second-order valence-electron chi connectivity index (χ2n) is 10.6. The molecule has 2 rings (SSSR count). The standard InChI is InChI=1S/C32H48O5/c1-7-31(36,8-2)19-18-25-14-15-26(20-23(25)5)32(9-3,10-4)27-16-17-29(24(6)21-27)37-22-28(33)12-11-13-30(34)35/h14-17,20-21,28,33,36H,7-13,18-19,22H2,1-6H3,(H,34,35)/t28-/m1/s1. The molecule has 0 saturated carbocycles. The third-order valence-corrected chi connectivity index (χ3v) is 8.36. The first kappa shape index (κ1) is 30.9. The van der Waals surface area contributed by atoms with Crippen LogP contribution in [0.2, 0.25) is 0 Å². The number of carboxylic acids is 1. The van der Waals surface area contributed by atoms with Gasteiger partial charge in [-0.2, -0.15) is 0 Å². The van der Waals surface area contributed by atoms with Crippen LogP contribution in [0.15, 0.2) is 36.4 Å². The van der Waals surface area contributed by atoms with Gasteiger partial charge in [0, 0.05) is 11.8 Å². The fraction of sp³-hybridized carbons (Fsp3) is 0.594. The Hall–Kier alpha value is -2.37. The molecule has 0 bridgehead atoms. The molecule has 0 aliphatic carbocycles. The van der Waals surface area contributed by atoms with Gasteiger partial charge in [0.25, 0.3) is 0 Å². The number of rotatable bonds is 16. The Morgan fingerprint density at radius 2 is 1.51 bits per heavy atom. The van der Waals surface area contributed by atoms with Gasteiger partial charge in [-0.05, 0) is 99.1 Å². The molecule has 0 radical (unpaired) electrons. The number of carbonyl (C=O) groups is 1. The summed E-state index contributed by atoms with van der Waals surface area (Å²) < 4.78 is 5.89. The summed E-state index contributed by atoms with van der Waals surface area (Å²) in [6.07, 6.45) is 5.36. The largest absolute Gasteiger partial charge is 0.491 e. The number of aliphatic hydroxyl groups is 2. The molecule has 0 aliphatic heterocycles. The average molecular weight is 513 g/mol. The van der Waals surface area contributed by atoms with Crippen LogP contribution in [0.1, 0.15) is 107 Å². The first-order valence-corrected chi connectivity index (χ1v) is 14.0. The van der Waals surface area contributed by atoms with Crippen molar-refractivity contribution in [2.45, 2.75) is 116 Å². The average Bonchev–Trinajstić information content (AvgIpc) is 2.88. The number of ether oxygens (including phenoxy) is 1. The van der Waals surface area contributed by atoms with Gasteiger partial charge in [0.05, 0.1) is 11.7 Å². The number of aliphatic carboxylic acids is 1. The molecule has 2 aromatic carbocycles. The van der Waals surface area contributed by atoms with Gasteiger partial charge in [-0.3, -0.25) is 4.79 Å². The van der Waals surface area contributed by atoms with Crippen LogP contribution < -0.4 is 4.74 Å². The topological polar surface area (TPSA) is 87.0 Å². The van der Waals surface area contributed by atoms with E-state index >= 15 is 0 Å². The van der Waals surface area contributed by atoms with E-state index in [2.05, 4.69) is 65.0 Å². The number of aryl methyl sites for hydroxylation is 3. The van der Waals surface area contributed by atoms with E-state index in [4.69, 9.17) is 9.84 Å². The lowest BCUT2D eigenvalue weighted by atomic mass is 9.69. The summed E-state index contributed by atoms with van der Waals surface area (Å²) in [5.74, 6) is -0.104. The molecule has 0 unspecified atom stereocenters. The fourth-order valence-corrected chi connectivity index (χ4v) is 5.35. The number of aliphatic hydroxyl groups excluding tert-OH is 1. The molecule has 0 amide bonds.